The Morgan fingerprint density at radius 1 is 1.07 bits per heavy atom. The van der Waals surface area contributed by atoms with Crippen LogP contribution in [0.1, 0.15) is 12.8 Å². The average molecular weight is 382 g/mol. The van der Waals surface area contributed by atoms with Crippen molar-refractivity contribution in [1.29, 1.82) is 0 Å². The van der Waals surface area contributed by atoms with E-state index in [1.807, 2.05) is 30.3 Å². The van der Waals surface area contributed by atoms with Gasteiger partial charge in [-0.1, -0.05) is 11.3 Å². The molecule has 1 N–H and O–H groups in total. The van der Waals surface area contributed by atoms with Crippen LogP contribution in [0.25, 0.3) is 10.2 Å². The average Bonchev–Trinajstić information content (AvgIpc) is 3.19. The van der Waals surface area contributed by atoms with E-state index in [2.05, 4.69) is 20.2 Å². The summed E-state index contributed by atoms with van der Waals surface area (Å²) in [5, 5.41) is 4.14. The highest BCUT2D eigenvalue weighted by Gasteiger charge is 2.35. The Kier molecular flexibility index (Phi) is 4.65. The molecule has 2 fully saturated rings. The molecule has 0 radical (unpaired) electrons. The van der Waals surface area contributed by atoms with Crippen molar-refractivity contribution in [3.8, 4) is 16.7 Å². The fourth-order valence-corrected chi connectivity index (χ4v) is 4.81. The van der Waals surface area contributed by atoms with Gasteiger partial charge in [-0.2, -0.15) is 0 Å². The number of fused-ring (bicyclic) bond motifs is 3. The summed E-state index contributed by atoms with van der Waals surface area (Å²) in [5.41, 5.74) is 0.860. The molecule has 140 valence electrons. The van der Waals surface area contributed by atoms with Crippen LogP contribution in [0.5, 0.6) is 16.7 Å². The number of nitrogens with zero attached hydrogens (tertiary/aromatic N) is 3. The van der Waals surface area contributed by atoms with Crippen molar-refractivity contribution in [2.75, 3.05) is 26.2 Å². The van der Waals surface area contributed by atoms with Gasteiger partial charge in [-0.05, 0) is 43.2 Å². The topological polar surface area (TPSA) is 59.5 Å². The number of thiazole rings is 1. The molecule has 2 saturated heterocycles. The zero-order valence-electron chi connectivity index (χ0n) is 15.0. The van der Waals surface area contributed by atoms with Crippen LogP contribution >= 0.6 is 11.3 Å². The van der Waals surface area contributed by atoms with E-state index in [4.69, 9.17) is 9.47 Å². The number of piperazine rings is 1. The summed E-state index contributed by atoms with van der Waals surface area (Å²) >= 11 is 1.52. The highest BCUT2D eigenvalue weighted by atomic mass is 32.1. The van der Waals surface area contributed by atoms with Gasteiger partial charge in [0, 0.05) is 37.9 Å². The van der Waals surface area contributed by atoms with Gasteiger partial charge in [0.25, 0.3) is 5.19 Å². The first kappa shape index (κ1) is 16.9. The van der Waals surface area contributed by atoms with Crippen LogP contribution in [0.4, 0.5) is 0 Å². The third-order valence-electron chi connectivity index (χ3n) is 5.35. The zero-order valence-corrected chi connectivity index (χ0v) is 15.8. The third kappa shape index (κ3) is 3.63. The van der Waals surface area contributed by atoms with Gasteiger partial charge in [0.05, 0.1) is 10.9 Å². The summed E-state index contributed by atoms with van der Waals surface area (Å²) in [4.78, 5) is 11.1. The van der Waals surface area contributed by atoms with Gasteiger partial charge in [-0.15, -0.1) is 0 Å². The number of pyridine rings is 1. The van der Waals surface area contributed by atoms with Crippen molar-refractivity contribution in [3.63, 3.8) is 0 Å². The molecule has 4 heterocycles. The van der Waals surface area contributed by atoms with Crippen molar-refractivity contribution in [1.82, 2.24) is 20.2 Å². The van der Waals surface area contributed by atoms with Crippen LogP contribution in [-0.4, -0.2) is 53.2 Å². The first-order valence-corrected chi connectivity index (χ1v) is 10.2. The number of nitrogens with one attached hydrogen (secondary N) is 1. The zero-order chi connectivity index (χ0) is 18.1. The Morgan fingerprint density at radius 2 is 1.85 bits per heavy atom. The van der Waals surface area contributed by atoms with Crippen LogP contribution < -0.4 is 14.8 Å². The molecule has 3 aromatic rings. The SMILES string of the molecule is c1cc2sc(Oc3ccc(OCCN4[C@@H]5CC[C@H]4CNC5)cc3)nc2cn1. The minimum Gasteiger partial charge on any atom is -0.492 e. The Morgan fingerprint density at radius 3 is 2.63 bits per heavy atom. The lowest BCUT2D eigenvalue weighted by molar-refractivity contribution is 0.127. The number of benzene rings is 1. The smallest absolute Gasteiger partial charge is 0.279 e. The predicted octanol–water partition coefficient (Wildman–Crippen LogP) is 3.30. The van der Waals surface area contributed by atoms with Crippen LogP contribution in [0.2, 0.25) is 0 Å². The molecule has 0 amide bonds. The van der Waals surface area contributed by atoms with Gasteiger partial charge < -0.3 is 14.8 Å². The fourth-order valence-electron chi connectivity index (χ4n) is 4.01. The summed E-state index contributed by atoms with van der Waals surface area (Å²) < 4.78 is 12.9. The molecular formula is C20H22N4O2S. The fraction of sp³-hybridized carbons (Fsp3) is 0.400. The highest BCUT2D eigenvalue weighted by Crippen LogP contribution is 2.31. The number of hydrogen-bond acceptors (Lipinski definition) is 7. The Labute approximate surface area is 162 Å². The van der Waals surface area contributed by atoms with Crippen LogP contribution in [-0.2, 0) is 0 Å². The number of rotatable bonds is 6. The summed E-state index contributed by atoms with van der Waals surface area (Å²) in [6.07, 6.45) is 6.14. The van der Waals surface area contributed by atoms with E-state index < -0.39 is 0 Å². The molecule has 7 heteroatoms. The van der Waals surface area contributed by atoms with Gasteiger partial charge in [-0.3, -0.25) is 9.88 Å². The first-order valence-electron chi connectivity index (χ1n) is 9.43. The Bertz CT molecular complexity index is 865. The molecule has 0 aliphatic carbocycles. The highest BCUT2D eigenvalue weighted by molar-refractivity contribution is 7.20. The second-order valence-corrected chi connectivity index (χ2v) is 8.02. The maximum Gasteiger partial charge on any atom is 0.279 e. The summed E-state index contributed by atoms with van der Waals surface area (Å²) in [7, 11) is 0. The molecule has 2 bridgehead atoms. The minimum atomic E-state index is 0.626. The van der Waals surface area contributed by atoms with E-state index in [0.29, 0.717) is 17.3 Å². The van der Waals surface area contributed by atoms with Crippen molar-refractivity contribution >= 4 is 21.6 Å². The Hall–Kier alpha value is -2.22. The van der Waals surface area contributed by atoms with Crippen LogP contribution in [0, 0.1) is 0 Å². The molecule has 2 aliphatic heterocycles. The molecule has 0 spiro atoms. The van der Waals surface area contributed by atoms with E-state index in [-0.39, 0.29) is 0 Å². The number of ether oxygens (including phenoxy) is 2. The number of aromatic nitrogens is 2. The molecule has 2 aliphatic rings. The molecule has 0 saturated carbocycles. The minimum absolute atomic E-state index is 0.626. The van der Waals surface area contributed by atoms with Crippen LogP contribution in [0.3, 0.4) is 0 Å². The first-order chi connectivity index (χ1) is 13.3. The van der Waals surface area contributed by atoms with Crippen molar-refractivity contribution in [2.24, 2.45) is 0 Å². The molecule has 6 nitrogen and oxygen atoms in total. The summed E-state index contributed by atoms with van der Waals surface area (Å²) in [5.74, 6) is 1.63. The van der Waals surface area contributed by atoms with E-state index in [0.717, 1.165) is 48.0 Å². The van der Waals surface area contributed by atoms with E-state index >= 15 is 0 Å². The largest absolute Gasteiger partial charge is 0.492 e. The quantitative estimate of drug-likeness (QED) is 0.706. The monoisotopic (exact) mass is 382 g/mol. The maximum atomic E-state index is 5.95. The number of hydrogen-bond donors (Lipinski definition) is 1. The van der Waals surface area contributed by atoms with Crippen molar-refractivity contribution < 1.29 is 9.47 Å². The van der Waals surface area contributed by atoms with Crippen molar-refractivity contribution in [2.45, 2.75) is 24.9 Å². The molecule has 0 unspecified atom stereocenters. The molecule has 2 atom stereocenters. The van der Waals surface area contributed by atoms with Gasteiger partial charge in [-0.25, -0.2) is 4.98 Å². The molecule has 2 aromatic heterocycles. The second kappa shape index (κ2) is 7.42. The molecule has 27 heavy (non-hydrogen) atoms. The Balaban J connectivity index is 1.15. The van der Waals surface area contributed by atoms with Gasteiger partial charge in [0.2, 0.25) is 0 Å². The normalized spacial score (nSPS) is 22.2. The molecule has 5 rings (SSSR count). The van der Waals surface area contributed by atoms with Crippen molar-refractivity contribution in [3.05, 3.63) is 42.7 Å². The molecule has 1 aromatic carbocycles. The van der Waals surface area contributed by atoms with Gasteiger partial charge in [0.1, 0.15) is 23.6 Å². The summed E-state index contributed by atoms with van der Waals surface area (Å²) in [6, 6.07) is 11.1. The van der Waals surface area contributed by atoms with E-state index in [1.165, 1.54) is 24.2 Å². The third-order valence-corrected chi connectivity index (χ3v) is 6.26. The second-order valence-electron chi connectivity index (χ2n) is 7.03. The van der Waals surface area contributed by atoms with Gasteiger partial charge in [0.15, 0.2) is 0 Å². The molecular weight excluding hydrogens is 360 g/mol. The lowest BCUT2D eigenvalue weighted by Gasteiger charge is -2.35. The van der Waals surface area contributed by atoms with E-state index in [9.17, 15) is 0 Å². The maximum absolute atomic E-state index is 5.95. The predicted molar refractivity (Wildman–Crippen MR) is 106 cm³/mol. The lowest BCUT2D eigenvalue weighted by atomic mass is 10.2. The van der Waals surface area contributed by atoms with E-state index in [1.54, 1.807) is 12.4 Å². The summed E-state index contributed by atoms with van der Waals surface area (Å²) in [6.45, 7) is 3.95. The van der Waals surface area contributed by atoms with Gasteiger partial charge >= 0.3 is 0 Å². The lowest BCUT2D eigenvalue weighted by Crippen LogP contribution is -2.52. The standard InChI is InChI=1S/C20H22N4O2S/c1-2-15-12-22-11-14(1)24(15)9-10-25-16-3-5-17(6-4-16)26-20-23-18-13-21-8-7-19(18)27-20/h3-8,13-15,22H,1-2,9-12H2/t14-,15+. The van der Waals surface area contributed by atoms with Crippen LogP contribution in [0.15, 0.2) is 42.7 Å².